The maximum Gasteiger partial charge on any atom is 0.271 e. The predicted octanol–water partition coefficient (Wildman–Crippen LogP) is 0.588. The smallest absolute Gasteiger partial charge is 0.271 e. The summed E-state index contributed by atoms with van der Waals surface area (Å²) in [6, 6.07) is 0. The standard InChI is InChI=1S/C3H4N2O3S3/c6-11(7,8)1-2-4-5-3(9)10-2/h1H2,(H,5,9)(H,6,7,8). The van der Waals surface area contributed by atoms with Gasteiger partial charge in [0.25, 0.3) is 10.1 Å². The molecule has 0 unspecified atom stereocenters. The van der Waals surface area contributed by atoms with Crippen molar-refractivity contribution in [3.05, 3.63) is 8.96 Å². The summed E-state index contributed by atoms with van der Waals surface area (Å²) in [5.41, 5.74) is 0. The molecule has 0 bridgehead atoms. The molecule has 1 heterocycles. The Morgan fingerprint density at radius 2 is 2.36 bits per heavy atom. The Morgan fingerprint density at radius 1 is 1.73 bits per heavy atom. The molecule has 2 N–H and O–H groups in total. The molecule has 11 heavy (non-hydrogen) atoms. The molecular weight excluding hydrogens is 208 g/mol. The molecule has 0 radical (unpaired) electrons. The number of nitrogens with one attached hydrogen (secondary N) is 1. The van der Waals surface area contributed by atoms with Crippen molar-refractivity contribution in [3.8, 4) is 0 Å². The zero-order chi connectivity index (χ0) is 8.48. The van der Waals surface area contributed by atoms with Crippen LogP contribution in [0.4, 0.5) is 0 Å². The van der Waals surface area contributed by atoms with Gasteiger partial charge in [0.05, 0.1) is 0 Å². The van der Waals surface area contributed by atoms with E-state index in [1.807, 2.05) is 0 Å². The van der Waals surface area contributed by atoms with Gasteiger partial charge in [0.2, 0.25) is 0 Å². The van der Waals surface area contributed by atoms with Crippen molar-refractivity contribution >= 4 is 33.7 Å². The molecule has 5 nitrogen and oxygen atoms in total. The molecule has 0 aliphatic carbocycles. The fourth-order valence-electron chi connectivity index (χ4n) is 0.478. The van der Waals surface area contributed by atoms with Crippen LogP contribution in [-0.4, -0.2) is 23.2 Å². The monoisotopic (exact) mass is 212 g/mol. The fourth-order valence-corrected chi connectivity index (χ4v) is 2.27. The average molecular weight is 212 g/mol. The number of aromatic amines is 1. The largest absolute Gasteiger partial charge is 0.285 e. The van der Waals surface area contributed by atoms with Crippen molar-refractivity contribution in [1.82, 2.24) is 10.2 Å². The van der Waals surface area contributed by atoms with E-state index >= 15 is 0 Å². The summed E-state index contributed by atoms with van der Waals surface area (Å²) in [6.07, 6.45) is 0. The van der Waals surface area contributed by atoms with E-state index in [9.17, 15) is 8.42 Å². The summed E-state index contributed by atoms with van der Waals surface area (Å²) in [5.74, 6) is -0.481. The topological polar surface area (TPSA) is 83.1 Å². The number of H-pyrrole nitrogens is 1. The third-order valence-corrected chi connectivity index (χ3v) is 2.70. The first-order chi connectivity index (χ1) is 4.97. The summed E-state index contributed by atoms with van der Waals surface area (Å²) in [7, 11) is -3.98. The molecule has 1 aromatic rings. The van der Waals surface area contributed by atoms with Crippen LogP contribution in [0.5, 0.6) is 0 Å². The van der Waals surface area contributed by atoms with E-state index in [0.29, 0.717) is 3.95 Å². The highest BCUT2D eigenvalue weighted by Gasteiger charge is 2.08. The lowest BCUT2D eigenvalue weighted by Crippen LogP contribution is -2.00. The number of rotatable bonds is 2. The zero-order valence-corrected chi connectivity index (χ0v) is 7.59. The van der Waals surface area contributed by atoms with Gasteiger partial charge in [0, 0.05) is 0 Å². The van der Waals surface area contributed by atoms with E-state index in [-0.39, 0.29) is 5.01 Å². The molecule has 0 spiro atoms. The summed E-state index contributed by atoms with van der Waals surface area (Å²) in [6.45, 7) is 0. The van der Waals surface area contributed by atoms with Crippen LogP contribution >= 0.6 is 23.6 Å². The Labute approximate surface area is 71.8 Å². The summed E-state index contributed by atoms with van der Waals surface area (Å²) >= 11 is 5.67. The van der Waals surface area contributed by atoms with Gasteiger partial charge in [-0.1, -0.05) is 11.3 Å². The lowest BCUT2D eigenvalue weighted by atomic mass is 10.9. The maximum absolute atomic E-state index is 10.3. The highest BCUT2D eigenvalue weighted by atomic mass is 32.2. The van der Waals surface area contributed by atoms with Gasteiger partial charge in [-0.15, -0.1) is 0 Å². The van der Waals surface area contributed by atoms with Crippen molar-refractivity contribution in [1.29, 1.82) is 0 Å². The van der Waals surface area contributed by atoms with E-state index < -0.39 is 15.9 Å². The molecule has 0 aromatic carbocycles. The molecule has 0 amide bonds. The normalized spacial score (nSPS) is 11.7. The van der Waals surface area contributed by atoms with Gasteiger partial charge >= 0.3 is 0 Å². The number of aromatic nitrogens is 2. The van der Waals surface area contributed by atoms with Crippen molar-refractivity contribution < 1.29 is 13.0 Å². The molecule has 0 fully saturated rings. The minimum atomic E-state index is -3.98. The summed E-state index contributed by atoms with van der Waals surface area (Å²) in [5, 5.41) is 6.21. The molecular formula is C3H4N2O3S3. The quantitative estimate of drug-likeness (QED) is 0.553. The Kier molecular flexibility index (Phi) is 2.37. The van der Waals surface area contributed by atoms with Crippen LogP contribution in [0.25, 0.3) is 0 Å². The molecule has 0 saturated carbocycles. The zero-order valence-electron chi connectivity index (χ0n) is 5.14. The van der Waals surface area contributed by atoms with Crippen LogP contribution in [0.1, 0.15) is 5.01 Å². The van der Waals surface area contributed by atoms with Crippen molar-refractivity contribution in [2.24, 2.45) is 0 Å². The first-order valence-corrected chi connectivity index (χ1v) is 5.30. The Morgan fingerprint density at radius 3 is 2.73 bits per heavy atom. The fraction of sp³-hybridized carbons (Fsp3) is 0.333. The third-order valence-electron chi connectivity index (χ3n) is 0.788. The lowest BCUT2D eigenvalue weighted by Gasteiger charge is -1.87. The van der Waals surface area contributed by atoms with Crippen LogP contribution < -0.4 is 0 Å². The highest BCUT2D eigenvalue weighted by Crippen LogP contribution is 2.07. The van der Waals surface area contributed by atoms with Gasteiger partial charge in [-0.25, -0.2) is 0 Å². The Hall–Kier alpha value is -0.310. The number of nitrogens with zero attached hydrogens (tertiary/aromatic N) is 1. The van der Waals surface area contributed by atoms with Crippen molar-refractivity contribution in [2.45, 2.75) is 5.75 Å². The second kappa shape index (κ2) is 2.97. The van der Waals surface area contributed by atoms with Crippen molar-refractivity contribution in [3.63, 3.8) is 0 Å². The molecule has 8 heteroatoms. The molecule has 0 aliphatic rings. The first kappa shape index (κ1) is 8.78. The van der Waals surface area contributed by atoms with Gasteiger partial charge in [0.15, 0.2) is 3.95 Å². The summed E-state index contributed by atoms with van der Waals surface area (Å²) in [4.78, 5) is 0. The van der Waals surface area contributed by atoms with E-state index in [1.54, 1.807) is 0 Å². The Balaban J connectivity index is 2.90. The summed E-state index contributed by atoms with van der Waals surface area (Å²) < 4.78 is 29.3. The highest BCUT2D eigenvalue weighted by molar-refractivity contribution is 7.85. The van der Waals surface area contributed by atoms with Crippen LogP contribution in [-0.2, 0) is 15.9 Å². The second-order valence-corrected chi connectivity index (χ2v) is 4.94. The van der Waals surface area contributed by atoms with Gasteiger partial charge in [-0.05, 0) is 12.2 Å². The van der Waals surface area contributed by atoms with Gasteiger partial charge in [-0.3, -0.25) is 9.65 Å². The van der Waals surface area contributed by atoms with Gasteiger partial charge in [-0.2, -0.15) is 13.5 Å². The predicted molar refractivity (Wildman–Crippen MR) is 42.6 cm³/mol. The van der Waals surface area contributed by atoms with Crippen LogP contribution in [0, 0.1) is 3.95 Å². The molecule has 1 aromatic heterocycles. The van der Waals surface area contributed by atoms with E-state index in [4.69, 9.17) is 4.55 Å². The molecule has 0 aliphatic heterocycles. The molecule has 0 saturated heterocycles. The molecule has 1 rings (SSSR count). The van der Waals surface area contributed by atoms with Crippen LogP contribution in [0.2, 0.25) is 0 Å². The molecule has 62 valence electrons. The SMILES string of the molecule is O=S(=O)(O)Cc1n[nH]c(=S)s1. The number of hydrogen-bond donors (Lipinski definition) is 2. The minimum Gasteiger partial charge on any atom is -0.285 e. The lowest BCUT2D eigenvalue weighted by molar-refractivity contribution is 0.482. The van der Waals surface area contributed by atoms with E-state index in [0.717, 1.165) is 11.3 Å². The van der Waals surface area contributed by atoms with Gasteiger partial charge in [0.1, 0.15) is 10.8 Å². The molecule has 0 atom stereocenters. The maximum atomic E-state index is 10.3. The van der Waals surface area contributed by atoms with Crippen molar-refractivity contribution in [2.75, 3.05) is 0 Å². The van der Waals surface area contributed by atoms with E-state index in [2.05, 4.69) is 22.4 Å². The number of hydrogen-bond acceptors (Lipinski definition) is 5. The van der Waals surface area contributed by atoms with Crippen LogP contribution in [0.3, 0.4) is 0 Å². The third kappa shape index (κ3) is 3.06. The van der Waals surface area contributed by atoms with Gasteiger partial charge < -0.3 is 0 Å². The second-order valence-electron chi connectivity index (χ2n) is 1.73. The van der Waals surface area contributed by atoms with Crippen LogP contribution in [0.15, 0.2) is 0 Å². The van der Waals surface area contributed by atoms with E-state index in [1.165, 1.54) is 0 Å². The minimum absolute atomic E-state index is 0.262. The Bertz CT molecular complexity index is 388. The first-order valence-electron chi connectivity index (χ1n) is 2.47. The average Bonchev–Trinajstić information content (AvgIpc) is 2.10.